The first-order chi connectivity index (χ1) is 12.0. The lowest BCUT2D eigenvalue weighted by Gasteiger charge is -2.12. The number of rotatable bonds is 7. The van der Waals surface area contributed by atoms with Crippen molar-refractivity contribution in [1.29, 1.82) is 5.26 Å². The monoisotopic (exact) mass is 410 g/mol. The predicted octanol–water partition coefficient (Wildman–Crippen LogP) is 3.62. The molecule has 0 saturated heterocycles. The number of alkyl halides is 2. The van der Waals surface area contributed by atoms with Gasteiger partial charge in [0.15, 0.2) is 6.61 Å². The molecule has 2 aromatic rings. The van der Waals surface area contributed by atoms with Crippen molar-refractivity contribution in [3.63, 3.8) is 0 Å². The fraction of sp³-hybridized carbons (Fsp3) is 0.176. The molecule has 0 saturated carbocycles. The van der Waals surface area contributed by atoms with E-state index in [0.717, 1.165) is 0 Å². The minimum atomic E-state index is -2.96. The van der Waals surface area contributed by atoms with Gasteiger partial charge in [0, 0.05) is 16.6 Å². The Morgan fingerprint density at radius 3 is 2.72 bits per heavy atom. The molecule has 2 rings (SSSR count). The highest BCUT2D eigenvalue weighted by Crippen LogP contribution is 2.24. The Balaban J connectivity index is 1.94. The molecule has 1 N–H and O–H groups in total. The van der Waals surface area contributed by atoms with Crippen LogP contribution in [0.25, 0.3) is 0 Å². The second kappa shape index (κ2) is 8.99. The van der Waals surface area contributed by atoms with Gasteiger partial charge in [-0.2, -0.15) is 14.0 Å². The van der Waals surface area contributed by atoms with Crippen molar-refractivity contribution in [3.05, 3.63) is 58.1 Å². The molecule has 25 heavy (non-hydrogen) atoms. The van der Waals surface area contributed by atoms with Crippen LogP contribution in [0.2, 0.25) is 0 Å². The molecular weight excluding hydrogens is 398 g/mol. The maximum atomic E-state index is 12.4. The van der Waals surface area contributed by atoms with Gasteiger partial charge in [-0.15, -0.1) is 0 Å². The zero-order valence-electron chi connectivity index (χ0n) is 12.8. The maximum Gasteiger partial charge on any atom is 0.387 e. The Morgan fingerprint density at radius 1 is 1.24 bits per heavy atom. The lowest BCUT2D eigenvalue weighted by molar-refractivity contribution is -0.123. The van der Waals surface area contributed by atoms with E-state index in [2.05, 4.69) is 26.0 Å². The summed E-state index contributed by atoms with van der Waals surface area (Å²) in [5, 5.41) is 11.5. The van der Waals surface area contributed by atoms with Crippen LogP contribution in [-0.2, 0) is 11.3 Å². The minimum absolute atomic E-state index is 0.0103. The van der Waals surface area contributed by atoms with Crippen molar-refractivity contribution in [2.24, 2.45) is 0 Å². The summed E-state index contributed by atoms with van der Waals surface area (Å²) in [4.78, 5) is 11.9. The van der Waals surface area contributed by atoms with E-state index in [9.17, 15) is 13.6 Å². The predicted molar refractivity (Wildman–Crippen MR) is 89.3 cm³/mol. The number of para-hydroxylation sites is 1. The van der Waals surface area contributed by atoms with E-state index in [1.54, 1.807) is 36.4 Å². The second-order valence-electron chi connectivity index (χ2n) is 4.80. The number of nitrogens with one attached hydrogen (secondary N) is 1. The molecule has 0 fully saturated rings. The molecular formula is C17H13BrF2N2O3. The van der Waals surface area contributed by atoms with Gasteiger partial charge in [-0.3, -0.25) is 4.79 Å². The average molecular weight is 411 g/mol. The number of nitrogens with zero attached hydrogens (tertiary/aromatic N) is 1. The van der Waals surface area contributed by atoms with E-state index < -0.39 is 12.5 Å². The van der Waals surface area contributed by atoms with Crippen LogP contribution in [0.5, 0.6) is 11.5 Å². The minimum Gasteiger partial charge on any atom is -0.482 e. The number of amides is 1. The number of carbonyl (C=O) groups is 1. The van der Waals surface area contributed by atoms with E-state index in [1.807, 2.05) is 6.07 Å². The Labute approximate surface area is 151 Å². The highest BCUT2D eigenvalue weighted by molar-refractivity contribution is 9.10. The third-order valence-electron chi connectivity index (χ3n) is 3.08. The van der Waals surface area contributed by atoms with E-state index in [1.165, 1.54) is 6.07 Å². The van der Waals surface area contributed by atoms with Crippen LogP contribution >= 0.6 is 15.9 Å². The van der Waals surface area contributed by atoms with Crippen LogP contribution in [0, 0.1) is 11.3 Å². The Kier molecular flexibility index (Phi) is 6.71. The Morgan fingerprint density at radius 2 is 2.00 bits per heavy atom. The summed E-state index contributed by atoms with van der Waals surface area (Å²) in [7, 11) is 0. The van der Waals surface area contributed by atoms with Crippen LogP contribution in [0.15, 0.2) is 46.9 Å². The first kappa shape index (κ1) is 18.7. The van der Waals surface area contributed by atoms with Gasteiger partial charge in [0.2, 0.25) is 0 Å². The van der Waals surface area contributed by atoms with Crippen molar-refractivity contribution in [2.75, 3.05) is 6.61 Å². The van der Waals surface area contributed by atoms with Gasteiger partial charge in [-0.05, 0) is 30.3 Å². The topological polar surface area (TPSA) is 71.3 Å². The van der Waals surface area contributed by atoms with E-state index in [4.69, 9.17) is 10.00 Å². The van der Waals surface area contributed by atoms with Gasteiger partial charge in [0.1, 0.15) is 17.6 Å². The van der Waals surface area contributed by atoms with Crippen molar-refractivity contribution >= 4 is 21.8 Å². The van der Waals surface area contributed by atoms with E-state index >= 15 is 0 Å². The van der Waals surface area contributed by atoms with Crippen molar-refractivity contribution in [3.8, 4) is 17.6 Å². The van der Waals surface area contributed by atoms with Crippen LogP contribution in [0.3, 0.4) is 0 Å². The highest BCUT2D eigenvalue weighted by Gasteiger charge is 2.12. The number of halogens is 3. The number of ether oxygens (including phenoxy) is 2. The number of hydrogen-bond acceptors (Lipinski definition) is 4. The molecule has 0 atom stereocenters. The van der Waals surface area contributed by atoms with Crippen molar-refractivity contribution in [1.82, 2.24) is 5.32 Å². The van der Waals surface area contributed by atoms with Crippen LogP contribution in [0.1, 0.15) is 11.1 Å². The quantitative estimate of drug-likeness (QED) is 0.756. The molecule has 2 aromatic carbocycles. The average Bonchev–Trinajstić information content (AvgIpc) is 2.60. The number of nitriles is 1. The summed E-state index contributed by atoms with van der Waals surface area (Å²) in [5.41, 5.74) is 0.704. The van der Waals surface area contributed by atoms with Gasteiger partial charge >= 0.3 is 6.61 Å². The summed E-state index contributed by atoms with van der Waals surface area (Å²) in [5.74, 6) is -0.186. The van der Waals surface area contributed by atoms with Gasteiger partial charge in [0.05, 0.1) is 5.56 Å². The molecule has 5 nitrogen and oxygen atoms in total. The molecule has 0 unspecified atom stereocenters. The van der Waals surface area contributed by atoms with Crippen LogP contribution in [-0.4, -0.2) is 19.1 Å². The Hall–Kier alpha value is -2.66. The third-order valence-corrected chi connectivity index (χ3v) is 3.57. The van der Waals surface area contributed by atoms with Crippen molar-refractivity contribution < 1.29 is 23.0 Å². The van der Waals surface area contributed by atoms with Crippen LogP contribution < -0.4 is 14.8 Å². The van der Waals surface area contributed by atoms with Crippen molar-refractivity contribution in [2.45, 2.75) is 13.2 Å². The fourth-order valence-corrected chi connectivity index (χ4v) is 2.38. The summed E-state index contributed by atoms with van der Waals surface area (Å²) in [6.07, 6.45) is 0. The highest BCUT2D eigenvalue weighted by atomic mass is 79.9. The molecule has 0 aromatic heterocycles. The maximum absolute atomic E-state index is 12.4. The molecule has 0 aliphatic heterocycles. The molecule has 0 spiro atoms. The second-order valence-corrected chi connectivity index (χ2v) is 5.72. The lowest BCUT2D eigenvalue weighted by atomic mass is 10.2. The fourth-order valence-electron chi connectivity index (χ4n) is 1.97. The number of hydrogen-bond donors (Lipinski definition) is 1. The third kappa shape index (κ3) is 5.72. The lowest BCUT2D eigenvalue weighted by Crippen LogP contribution is -2.28. The van der Waals surface area contributed by atoms with Gasteiger partial charge in [-0.1, -0.05) is 28.1 Å². The summed E-state index contributed by atoms with van der Waals surface area (Å²) in [6, 6.07) is 13.0. The molecule has 0 heterocycles. The smallest absolute Gasteiger partial charge is 0.387 e. The van der Waals surface area contributed by atoms with E-state index in [0.29, 0.717) is 21.3 Å². The molecule has 0 bridgehead atoms. The first-order valence-corrected chi connectivity index (χ1v) is 7.90. The molecule has 1 amide bonds. The first-order valence-electron chi connectivity index (χ1n) is 7.11. The molecule has 0 aliphatic rings. The molecule has 0 aliphatic carbocycles. The zero-order chi connectivity index (χ0) is 18.2. The van der Waals surface area contributed by atoms with Crippen LogP contribution in [0.4, 0.5) is 8.78 Å². The number of benzene rings is 2. The van der Waals surface area contributed by atoms with Gasteiger partial charge < -0.3 is 14.8 Å². The van der Waals surface area contributed by atoms with Gasteiger partial charge in [0.25, 0.3) is 5.91 Å². The summed E-state index contributed by atoms with van der Waals surface area (Å²) in [6.45, 7) is -3.28. The standard InChI is InChI=1S/C17H13BrF2N2O3/c18-13-5-6-15(25-17(19)20)12(7-13)9-22-16(23)10-24-14-4-2-1-3-11(14)8-21/h1-7,17H,9-10H2,(H,22,23). The largest absolute Gasteiger partial charge is 0.482 e. The zero-order valence-corrected chi connectivity index (χ0v) is 14.4. The molecule has 0 radical (unpaired) electrons. The Bertz CT molecular complexity index is 794. The summed E-state index contributed by atoms with van der Waals surface area (Å²) >= 11 is 3.24. The SMILES string of the molecule is N#Cc1ccccc1OCC(=O)NCc1cc(Br)ccc1OC(F)F. The number of carbonyl (C=O) groups excluding carboxylic acids is 1. The molecule has 130 valence electrons. The van der Waals surface area contributed by atoms with Gasteiger partial charge in [-0.25, -0.2) is 0 Å². The van der Waals surface area contributed by atoms with E-state index in [-0.39, 0.29) is 18.9 Å². The summed E-state index contributed by atoms with van der Waals surface area (Å²) < 4.78 is 35.2. The molecule has 8 heteroatoms. The normalized spacial score (nSPS) is 10.2.